The molecule has 2 aliphatic carbocycles. The van der Waals surface area contributed by atoms with Crippen LogP contribution in [0, 0.1) is 35.5 Å². The van der Waals surface area contributed by atoms with Gasteiger partial charge in [0.05, 0.1) is 24.7 Å². The standard InChI is InChI=1S/C39H41NO8/c1-23(41)46-35-21-34(28-19-32(43)38(44)37(20-28)45-16-14-24-5-4-15-40-22-24)48-39-29(35)12-11-26-9-10-27-6-2-3-7-33(27)47-36-18-25(17-30(26)39)8-13-31(36)42/h4-5,8,11-13,15,18-20,22,26-27,29-30,33-35,39,42-44H,2-3,6-7,14,16-17,21H2,1H3/t26-,27+,29-,30+,33+,34+,35-,39+/m1/s1. The lowest BCUT2D eigenvalue weighted by molar-refractivity contribution is -0.179. The van der Waals surface area contributed by atoms with Crippen molar-refractivity contribution in [1.29, 1.82) is 0 Å². The third-order valence-corrected chi connectivity index (χ3v) is 10.0. The van der Waals surface area contributed by atoms with Crippen molar-refractivity contribution in [2.75, 3.05) is 6.61 Å². The van der Waals surface area contributed by atoms with Crippen LogP contribution in [0.4, 0.5) is 0 Å². The van der Waals surface area contributed by atoms with Crippen LogP contribution in [0.2, 0.25) is 0 Å². The molecule has 2 aliphatic heterocycles. The Labute approximate surface area is 280 Å². The van der Waals surface area contributed by atoms with E-state index in [1.165, 1.54) is 13.0 Å². The summed E-state index contributed by atoms with van der Waals surface area (Å²) in [7, 11) is 0. The lowest BCUT2D eigenvalue weighted by Gasteiger charge is -2.47. The molecule has 7 rings (SSSR count). The zero-order valence-corrected chi connectivity index (χ0v) is 27.0. The quantitative estimate of drug-likeness (QED) is 0.124. The van der Waals surface area contributed by atoms with E-state index in [9.17, 15) is 20.1 Å². The number of hydrogen-bond donors (Lipinski definition) is 3. The van der Waals surface area contributed by atoms with Crippen molar-refractivity contribution < 1.29 is 39.1 Å². The van der Waals surface area contributed by atoms with Crippen molar-refractivity contribution >= 4 is 5.97 Å². The Balaban J connectivity index is 1.21. The summed E-state index contributed by atoms with van der Waals surface area (Å²) in [5.41, 5.74) is 2.58. The summed E-state index contributed by atoms with van der Waals surface area (Å²) in [4.78, 5) is 16.5. The molecule has 2 bridgehead atoms. The first-order chi connectivity index (χ1) is 23.3. The molecule has 8 atom stereocenters. The fourth-order valence-corrected chi connectivity index (χ4v) is 7.64. The Kier molecular flexibility index (Phi) is 9.18. The third-order valence-electron chi connectivity index (χ3n) is 10.0. The van der Waals surface area contributed by atoms with Gasteiger partial charge in [-0.3, -0.25) is 9.78 Å². The Morgan fingerprint density at radius 3 is 2.75 bits per heavy atom. The molecule has 1 saturated heterocycles. The number of carbonyl (C=O) groups excluding carboxylic acids is 1. The van der Waals surface area contributed by atoms with Gasteiger partial charge >= 0.3 is 5.97 Å². The van der Waals surface area contributed by atoms with E-state index in [0.717, 1.165) is 36.8 Å². The molecule has 4 aliphatic rings. The van der Waals surface area contributed by atoms with Crippen LogP contribution >= 0.6 is 0 Å². The van der Waals surface area contributed by atoms with Crippen LogP contribution in [0.3, 0.4) is 0 Å². The Morgan fingerprint density at radius 2 is 1.92 bits per heavy atom. The average molecular weight is 652 g/mol. The van der Waals surface area contributed by atoms with Gasteiger partial charge in [-0.05, 0) is 72.7 Å². The van der Waals surface area contributed by atoms with Gasteiger partial charge in [0.2, 0.25) is 5.75 Å². The van der Waals surface area contributed by atoms with Crippen molar-refractivity contribution in [3.8, 4) is 40.6 Å². The van der Waals surface area contributed by atoms with Crippen LogP contribution < -0.4 is 9.47 Å². The molecule has 2 fully saturated rings. The van der Waals surface area contributed by atoms with Crippen molar-refractivity contribution in [3.63, 3.8) is 0 Å². The molecule has 0 spiro atoms. The fourth-order valence-electron chi connectivity index (χ4n) is 7.64. The zero-order valence-electron chi connectivity index (χ0n) is 27.0. The van der Waals surface area contributed by atoms with E-state index in [-0.39, 0.29) is 71.5 Å². The van der Waals surface area contributed by atoms with Crippen molar-refractivity contribution in [2.24, 2.45) is 23.7 Å². The number of allylic oxidation sites excluding steroid dienone is 1. The highest BCUT2D eigenvalue weighted by Gasteiger charge is 2.47. The van der Waals surface area contributed by atoms with Crippen LogP contribution in [0.15, 0.2) is 67.0 Å². The van der Waals surface area contributed by atoms with Crippen molar-refractivity contribution in [1.82, 2.24) is 4.98 Å². The summed E-state index contributed by atoms with van der Waals surface area (Å²) < 4.78 is 25.2. The summed E-state index contributed by atoms with van der Waals surface area (Å²) in [5, 5.41) is 32.1. The zero-order chi connectivity index (χ0) is 33.2. The Morgan fingerprint density at radius 1 is 1.04 bits per heavy atom. The van der Waals surface area contributed by atoms with Crippen LogP contribution in [0.5, 0.6) is 28.7 Å². The molecule has 1 aromatic heterocycles. The molecule has 0 amide bonds. The minimum Gasteiger partial charge on any atom is -0.504 e. The molecule has 1 saturated carbocycles. The van der Waals surface area contributed by atoms with Gasteiger partial charge in [0.1, 0.15) is 12.2 Å². The number of hydrogen-bond acceptors (Lipinski definition) is 9. The number of pyridine rings is 1. The number of nitrogens with zero attached hydrogens (tertiary/aromatic N) is 1. The smallest absolute Gasteiger partial charge is 0.302 e. The summed E-state index contributed by atoms with van der Waals surface area (Å²) in [6.07, 6.45) is 11.7. The summed E-state index contributed by atoms with van der Waals surface area (Å²) in [6.45, 7) is 1.67. The molecule has 48 heavy (non-hydrogen) atoms. The lowest BCUT2D eigenvalue weighted by atomic mass is 9.70. The van der Waals surface area contributed by atoms with Gasteiger partial charge in [-0.15, -0.1) is 0 Å². The highest BCUT2D eigenvalue weighted by Crippen LogP contribution is 2.48. The maximum Gasteiger partial charge on any atom is 0.302 e. The average Bonchev–Trinajstić information content (AvgIpc) is 3.10. The van der Waals surface area contributed by atoms with Crippen LogP contribution in [-0.2, 0) is 27.1 Å². The number of ether oxygens (including phenoxy) is 4. The predicted molar refractivity (Wildman–Crippen MR) is 177 cm³/mol. The van der Waals surface area contributed by atoms with Gasteiger partial charge in [-0.2, -0.15) is 0 Å². The summed E-state index contributed by atoms with van der Waals surface area (Å²) in [6, 6.07) is 12.5. The predicted octanol–water partition coefficient (Wildman–Crippen LogP) is 6.20. The lowest BCUT2D eigenvalue weighted by Crippen LogP contribution is -2.49. The second kappa shape index (κ2) is 13.8. The van der Waals surface area contributed by atoms with Gasteiger partial charge < -0.3 is 34.3 Å². The number of aromatic nitrogens is 1. The monoisotopic (exact) mass is 651 g/mol. The molecule has 9 nitrogen and oxygen atoms in total. The first-order valence-electron chi connectivity index (χ1n) is 16.9. The second-order valence-corrected chi connectivity index (χ2v) is 13.3. The van der Waals surface area contributed by atoms with E-state index in [1.54, 1.807) is 24.5 Å². The van der Waals surface area contributed by atoms with Gasteiger partial charge in [-0.25, -0.2) is 0 Å². The highest BCUT2D eigenvalue weighted by atomic mass is 16.6. The van der Waals surface area contributed by atoms with Crippen LogP contribution in [0.1, 0.15) is 61.8 Å². The van der Waals surface area contributed by atoms with E-state index < -0.39 is 12.2 Å². The van der Waals surface area contributed by atoms with E-state index in [4.69, 9.17) is 18.9 Å². The molecule has 3 N–H and O–H groups in total. The minimum absolute atomic E-state index is 0.0528. The summed E-state index contributed by atoms with van der Waals surface area (Å²) >= 11 is 0. The molecule has 3 aromatic rings. The molecule has 3 heterocycles. The maximum absolute atomic E-state index is 12.4. The fraction of sp³-hybridized carbons (Fsp3) is 0.436. The molecular formula is C39H41NO8. The van der Waals surface area contributed by atoms with Crippen molar-refractivity contribution in [2.45, 2.75) is 76.3 Å². The molecule has 9 heteroatoms. The molecule has 250 valence electrons. The van der Waals surface area contributed by atoms with Gasteiger partial charge in [-0.1, -0.05) is 42.5 Å². The van der Waals surface area contributed by atoms with Gasteiger partial charge in [0.25, 0.3) is 0 Å². The highest BCUT2D eigenvalue weighted by molar-refractivity contribution is 5.66. The van der Waals surface area contributed by atoms with E-state index in [2.05, 4.69) is 29.0 Å². The number of fused-ring (bicyclic) bond motifs is 6. The second-order valence-electron chi connectivity index (χ2n) is 13.3. The largest absolute Gasteiger partial charge is 0.504 e. The van der Waals surface area contributed by atoms with Gasteiger partial charge in [0.15, 0.2) is 23.0 Å². The number of benzene rings is 2. The summed E-state index contributed by atoms with van der Waals surface area (Å²) in [5.74, 6) is 6.43. The first-order valence-corrected chi connectivity index (χ1v) is 16.9. The number of rotatable bonds is 6. The minimum atomic E-state index is -0.567. The molecule has 0 unspecified atom stereocenters. The molecular weight excluding hydrogens is 610 g/mol. The first kappa shape index (κ1) is 31.9. The third kappa shape index (κ3) is 6.81. The Bertz CT molecular complexity index is 1730. The van der Waals surface area contributed by atoms with Crippen molar-refractivity contribution in [3.05, 3.63) is 83.7 Å². The number of phenols is 3. The molecule has 0 radical (unpaired) electrons. The van der Waals surface area contributed by atoms with Crippen LogP contribution in [0.25, 0.3) is 0 Å². The number of aromatic hydroxyl groups is 3. The number of carbonyl (C=O) groups is 1. The van der Waals surface area contributed by atoms with Gasteiger partial charge in [0, 0.05) is 49.9 Å². The number of esters is 1. The molecule has 2 aromatic carbocycles. The normalized spacial score (nSPS) is 28.9. The van der Waals surface area contributed by atoms with Crippen LogP contribution in [-0.4, -0.2) is 51.2 Å². The van der Waals surface area contributed by atoms with E-state index in [0.29, 0.717) is 30.6 Å². The SMILES string of the molecule is CC(=O)O[C@@H]1C[C@@H](c2cc(O)c(O)c(OCCc3cccnc3)c2)O[C@H]2[C@@H]1C=C[C@H]1C#C[C@@H]3CCCC[C@@H]3Oc3cc(ccc3O)C[C@H]21. The Hall–Kier alpha value is -4.68. The number of phenolic OH excluding ortho intramolecular Hbond substituents is 3. The maximum atomic E-state index is 12.4. The van der Waals surface area contributed by atoms with E-state index in [1.807, 2.05) is 24.3 Å². The topological polar surface area (TPSA) is 128 Å². The van der Waals surface area contributed by atoms with E-state index >= 15 is 0 Å².